The van der Waals surface area contributed by atoms with Gasteiger partial charge in [-0.2, -0.15) is 4.98 Å². The molecule has 0 bridgehead atoms. The van der Waals surface area contributed by atoms with Crippen LogP contribution in [0.5, 0.6) is 0 Å². The molecule has 1 spiro atoms. The summed E-state index contributed by atoms with van der Waals surface area (Å²) in [7, 11) is 1.74. The molecule has 4 heterocycles. The van der Waals surface area contributed by atoms with Crippen molar-refractivity contribution in [1.82, 2.24) is 14.5 Å². The van der Waals surface area contributed by atoms with Crippen LogP contribution in [0.3, 0.4) is 0 Å². The maximum absolute atomic E-state index is 13.3. The fraction of sp³-hybridized carbons (Fsp3) is 0.591. The molecule has 2 saturated heterocycles. The number of ether oxygens (including phenoxy) is 1. The summed E-state index contributed by atoms with van der Waals surface area (Å²) >= 11 is 7.79. The summed E-state index contributed by atoms with van der Waals surface area (Å²) in [5, 5.41) is 3.81. The average molecular weight is 492 g/mol. The van der Waals surface area contributed by atoms with Crippen LogP contribution in [0.2, 0.25) is 5.02 Å². The predicted molar refractivity (Wildman–Crippen MR) is 131 cm³/mol. The molecule has 2 aliphatic heterocycles. The predicted octanol–water partition coefficient (Wildman–Crippen LogP) is 2.47. The zero-order chi connectivity index (χ0) is 23.3. The third-order valence-corrected chi connectivity index (χ3v) is 8.77. The first-order valence-electron chi connectivity index (χ1n) is 11.4. The van der Waals surface area contributed by atoms with E-state index in [0.29, 0.717) is 34.3 Å². The number of nitrogen functional groups attached to an aromatic ring is 1. The Hall–Kier alpha value is -2.01. The summed E-state index contributed by atoms with van der Waals surface area (Å²) in [5.41, 5.74) is 12.5. The summed E-state index contributed by atoms with van der Waals surface area (Å²) < 4.78 is 7.39. The average Bonchev–Trinajstić information content (AvgIpc) is 3.59. The monoisotopic (exact) mass is 491 g/mol. The van der Waals surface area contributed by atoms with Gasteiger partial charge < -0.3 is 26.4 Å². The van der Waals surface area contributed by atoms with Gasteiger partial charge in [-0.05, 0) is 38.7 Å². The highest BCUT2D eigenvalue weighted by atomic mass is 35.5. The number of nitrogens with zero attached hydrogens (tertiary/aromatic N) is 4. The van der Waals surface area contributed by atoms with Crippen molar-refractivity contribution >= 4 is 40.9 Å². The first-order chi connectivity index (χ1) is 15.8. The second-order valence-corrected chi connectivity index (χ2v) is 10.8. The van der Waals surface area contributed by atoms with E-state index in [2.05, 4.69) is 20.2 Å². The van der Waals surface area contributed by atoms with Crippen molar-refractivity contribution in [2.45, 2.75) is 60.6 Å². The summed E-state index contributed by atoms with van der Waals surface area (Å²) in [6.07, 6.45) is 5.78. The largest absolute Gasteiger partial charge is 0.382 e. The van der Waals surface area contributed by atoms with Gasteiger partial charge in [0.15, 0.2) is 0 Å². The molecule has 0 radical (unpaired) electrons. The van der Waals surface area contributed by atoms with Gasteiger partial charge in [0, 0.05) is 48.7 Å². The standard InChI is InChI=1S/C22H30ClN7O2S/c1-12-17(24)22(11-32-12)6-9-30(10-7-22)21-28-18(25)16(20(31)29(21)2)33-14-5-8-26-19(15(14)23)27-13-3-4-13/h5,8,12-13,17H,3-4,6-7,9-11,24-25H2,1-2H3,(H,26,27)/t12-,17+/m0/s1. The molecule has 2 aromatic heterocycles. The molecule has 5 N–H and O–H groups in total. The van der Waals surface area contributed by atoms with Crippen LogP contribution in [-0.4, -0.2) is 52.4 Å². The first kappa shape index (κ1) is 22.8. The minimum atomic E-state index is -0.193. The number of anilines is 3. The Bertz CT molecular complexity index is 1110. The second-order valence-electron chi connectivity index (χ2n) is 9.37. The van der Waals surface area contributed by atoms with E-state index in [4.69, 9.17) is 27.8 Å². The van der Waals surface area contributed by atoms with Gasteiger partial charge in [0.1, 0.15) is 16.5 Å². The maximum Gasteiger partial charge on any atom is 0.270 e. The van der Waals surface area contributed by atoms with Crippen LogP contribution in [0.25, 0.3) is 0 Å². The molecule has 2 aromatic rings. The third kappa shape index (κ3) is 4.18. The Morgan fingerprint density at radius 3 is 2.70 bits per heavy atom. The van der Waals surface area contributed by atoms with Gasteiger partial charge in [-0.3, -0.25) is 9.36 Å². The molecule has 0 aromatic carbocycles. The van der Waals surface area contributed by atoms with Crippen molar-refractivity contribution in [3.05, 3.63) is 27.6 Å². The molecule has 33 heavy (non-hydrogen) atoms. The molecule has 9 nitrogen and oxygen atoms in total. The molecule has 1 aliphatic carbocycles. The molecule has 1 saturated carbocycles. The molecule has 5 rings (SSSR count). The van der Waals surface area contributed by atoms with Crippen LogP contribution in [0.1, 0.15) is 32.6 Å². The van der Waals surface area contributed by atoms with Crippen LogP contribution in [0.15, 0.2) is 26.8 Å². The van der Waals surface area contributed by atoms with Crippen LogP contribution >= 0.6 is 23.4 Å². The normalized spacial score (nSPS) is 24.4. The van der Waals surface area contributed by atoms with E-state index in [1.807, 2.05) is 6.92 Å². The molecule has 0 unspecified atom stereocenters. The number of halogens is 1. The number of aromatic nitrogens is 3. The molecule has 11 heteroatoms. The smallest absolute Gasteiger partial charge is 0.270 e. The number of piperidine rings is 1. The van der Waals surface area contributed by atoms with Crippen molar-refractivity contribution in [3.8, 4) is 0 Å². The van der Waals surface area contributed by atoms with Gasteiger partial charge in [-0.25, -0.2) is 4.98 Å². The van der Waals surface area contributed by atoms with Gasteiger partial charge in [-0.1, -0.05) is 23.4 Å². The SMILES string of the molecule is C[C@@H]1OCC2(CCN(c3nc(N)c(Sc4ccnc(NC5CC5)c4Cl)c(=O)n3C)CC2)[C@@H]1N. The fourth-order valence-corrected chi connectivity index (χ4v) is 5.92. The Kier molecular flexibility index (Phi) is 5.97. The summed E-state index contributed by atoms with van der Waals surface area (Å²) in [5.74, 6) is 1.42. The number of hydrogen-bond acceptors (Lipinski definition) is 9. The molecule has 178 valence electrons. The van der Waals surface area contributed by atoms with E-state index in [-0.39, 0.29) is 28.9 Å². The van der Waals surface area contributed by atoms with Crippen molar-refractivity contribution in [2.75, 3.05) is 35.6 Å². The summed E-state index contributed by atoms with van der Waals surface area (Å²) in [4.78, 5) is 25.4. The van der Waals surface area contributed by atoms with Gasteiger partial charge in [0.05, 0.1) is 17.7 Å². The minimum Gasteiger partial charge on any atom is -0.382 e. The van der Waals surface area contributed by atoms with E-state index in [9.17, 15) is 4.79 Å². The molecule has 0 amide bonds. The number of rotatable bonds is 5. The zero-order valence-electron chi connectivity index (χ0n) is 18.9. The highest BCUT2D eigenvalue weighted by Crippen LogP contribution is 2.42. The molecule has 3 fully saturated rings. The molecular formula is C22H30ClN7O2S. The Morgan fingerprint density at radius 2 is 2.06 bits per heavy atom. The van der Waals surface area contributed by atoms with Crippen molar-refractivity contribution in [3.63, 3.8) is 0 Å². The summed E-state index contributed by atoms with van der Waals surface area (Å²) in [6, 6.07) is 2.24. The van der Waals surface area contributed by atoms with Gasteiger partial charge in [0.25, 0.3) is 5.56 Å². The molecule has 2 atom stereocenters. The number of pyridine rings is 1. The number of nitrogens with two attached hydrogens (primary N) is 2. The van der Waals surface area contributed by atoms with Crippen molar-refractivity contribution in [2.24, 2.45) is 18.2 Å². The van der Waals surface area contributed by atoms with E-state index >= 15 is 0 Å². The van der Waals surface area contributed by atoms with Gasteiger partial charge >= 0.3 is 0 Å². The maximum atomic E-state index is 13.3. The van der Waals surface area contributed by atoms with Crippen LogP contribution in [-0.2, 0) is 11.8 Å². The lowest BCUT2D eigenvalue weighted by Crippen LogP contribution is -2.51. The van der Waals surface area contributed by atoms with E-state index in [1.165, 1.54) is 11.8 Å². The minimum absolute atomic E-state index is 0.000420. The highest BCUT2D eigenvalue weighted by molar-refractivity contribution is 7.99. The Labute approximate surface area is 202 Å². The van der Waals surface area contributed by atoms with Crippen molar-refractivity contribution < 1.29 is 4.74 Å². The van der Waals surface area contributed by atoms with Crippen LogP contribution in [0.4, 0.5) is 17.6 Å². The van der Waals surface area contributed by atoms with Crippen LogP contribution < -0.4 is 27.2 Å². The fourth-order valence-electron chi connectivity index (χ4n) is 4.73. The Balaban J connectivity index is 1.36. The highest BCUT2D eigenvalue weighted by Gasteiger charge is 2.47. The second kappa shape index (κ2) is 8.65. The van der Waals surface area contributed by atoms with E-state index in [1.54, 1.807) is 23.9 Å². The van der Waals surface area contributed by atoms with E-state index < -0.39 is 0 Å². The lowest BCUT2D eigenvalue weighted by molar-refractivity contribution is 0.0973. The quantitative estimate of drug-likeness (QED) is 0.578. The molecule has 3 aliphatic rings. The lowest BCUT2D eigenvalue weighted by Gasteiger charge is -2.41. The third-order valence-electron chi connectivity index (χ3n) is 7.12. The van der Waals surface area contributed by atoms with Gasteiger partial charge in [0.2, 0.25) is 5.95 Å². The molecular weight excluding hydrogens is 462 g/mol. The zero-order valence-corrected chi connectivity index (χ0v) is 20.5. The summed E-state index contributed by atoms with van der Waals surface area (Å²) in [6.45, 7) is 4.23. The Morgan fingerprint density at radius 1 is 1.33 bits per heavy atom. The lowest BCUT2D eigenvalue weighted by atomic mass is 9.73. The topological polar surface area (TPSA) is 124 Å². The number of hydrogen-bond donors (Lipinski definition) is 3. The first-order valence-corrected chi connectivity index (χ1v) is 12.6. The van der Waals surface area contributed by atoms with Crippen molar-refractivity contribution in [1.29, 1.82) is 0 Å². The van der Waals surface area contributed by atoms with E-state index in [0.717, 1.165) is 43.7 Å². The number of nitrogens with one attached hydrogen (secondary N) is 1. The van der Waals surface area contributed by atoms with Gasteiger partial charge in [-0.15, -0.1) is 0 Å². The van der Waals surface area contributed by atoms with Crippen LogP contribution in [0, 0.1) is 5.41 Å².